The van der Waals surface area contributed by atoms with Crippen LogP contribution in [0.2, 0.25) is 0 Å². The summed E-state index contributed by atoms with van der Waals surface area (Å²) in [5.74, 6) is -3.05. The molecule has 0 radical (unpaired) electrons. The lowest BCUT2D eigenvalue weighted by atomic mass is 9.76. The summed E-state index contributed by atoms with van der Waals surface area (Å²) in [7, 11) is 1.56. The molecule has 9 nitrogen and oxygen atoms in total. The summed E-state index contributed by atoms with van der Waals surface area (Å²) in [4.78, 5) is 53.9. The van der Waals surface area contributed by atoms with Gasteiger partial charge in [0.05, 0.1) is 25.5 Å². The van der Waals surface area contributed by atoms with Gasteiger partial charge in [0.25, 0.3) is 0 Å². The Labute approximate surface area is 196 Å². The van der Waals surface area contributed by atoms with Crippen LogP contribution >= 0.6 is 0 Å². The highest BCUT2D eigenvalue weighted by Gasteiger charge is 2.70. The minimum atomic E-state index is -1.44. The van der Waals surface area contributed by atoms with Gasteiger partial charge in [-0.1, -0.05) is 24.3 Å². The largest absolute Gasteiger partial charge is 0.497 e. The van der Waals surface area contributed by atoms with E-state index in [1.807, 2.05) is 26.0 Å². The van der Waals surface area contributed by atoms with Gasteiger partial charge >= 0.3 is 0 Å². The van der Waals surface area contributed by atoms with Crippen molar-refractivity contribution in [1.29, 1.82) is 0 Å². The van der Waals surface area contributed by atoms with Crippen LogP contribution in [0, 0.1) is 25.7 Å². The first-order valence-electron chi connectivity index (χ1n) is 11.1. The average molecular weight is 463 g/mol. The number of hydrogen-bond donors (Lipinski definition) is 3. The highest BCUT2D eigenvalue weighted by atomic mass is 16.5. The topological polar surface area (TPSA) is 131 Å². The summed E-state index contributed by atoms with van der Waals surface area (Å²) in [6, 6.07) is 10.1. The quantitative estimate of drug-likeness (QED) is 0.571. The van der Waals surface area contributed by atoms with Gasteiger partial charge in [0.2, 0.25) is 23.6 Å². The predicted molar refractivity (Wildman–Crippen MR) is 122 cm³/mol. The minimum Gasteiger partial charge on any atom is -0.497 e. The monoisotopic (exact) mass is 462 g/mol. The number of carbonyl (C=O) groups excluding carboxylic acids is 4. The molecule has 0 bridgehead atoms. The standard InChI is InChI=1S/C25H26N4O5/c1-12-4-9-16-21(13(12)2)27-24(33)25(16)20-19(17(28-25)10-18(26)30)22(31)29(23(20)32)11-14-5-7-15(34-3)8-6-14/h4-9,17,19-20,28H,10-11H2,1-3H3,(H2,26,30)(H,27,33)/t17-,19-,20+,25-/m1/s1. The first-order valence-corrected chi connectivity index (χ1v) is 11.1. The number of benzene rings is 2. The van der Waals surface area contributed by atoms with E-state index >= 15 is 0 Å². The Kier molecular flexibility index (Phi) is 4.98. The van der Waals surface area contributed by atoms with E-state index in [0.717, 1.165) is 16.7 Å². The predicted octanol–water partition coefficient (Wildman–Crippen LogP) is 1.11. The van der Waals surface area contributed by atoms with Crippen LogP contribution in [0.5, 0.6) is 5.75 Å². The third kappa shape index (κ3) is 2.96. The fraction of sp³-hybridized carbons (Fsp3) is 0.360. The zero-order valence-corrected chi connectivity index (χ0v) is 19.2. The molecule has 0 saturated carbocycles. The number of nitrogens with one attached hydrogen (secondary N) is 2. The number of rotatable bonds is 5. The van der Waals surface area contributed by atoms with Crippen molar-refractivity contribution in [3.8, 4) is 5.75 Å². The second-order valence-corrected chi connectivity index (χ2v) is 9.23. The van der Waals surface area contributed by atoms with Gasteiger partial charge in [0, 0.05) is 23.7 Å². The Bertz CT molecular complexity index is 1240. The van der Waals surface area contributed by atoms with E-state index in [1.54, 1.807) is 31.4 Å². The van der Waals surface area contributed by atoms with Crippen LogP contribution in [0.25, 0.3) is 0 Å². The van der Waals surface area contributed by atoms with E-state index in [9.17, 15) is 19.2 Å². The number of methoxy groups -OCH3 is 1. The fourth-order valence-electron chi connectivity index (χ4n) is 5.64. The van der Waals surface area contributed by atoms with Gasteiger partial charge in [0.1, 0.15) is 11.3 Å². The van der Waals surface area contributed by atoms with Crippen molar-refractivity contribution in [3.05, 3.63) is 58.7 Å². The molecule has 4 amide bonds. The van der Waals surface area contributed by atoms with Crippen molar-refractivity contribution in [2.24, 2.45) is 17.6 Å². The Balaban J connectivity index is 1.59. The molecule has 9 heteroatoms. The molecule has 2 fully saturated rings. The van der Waals surface area contributed by atoms with Crippen molar-refractivity contribution in [2.75, 3.05) is 12.4 Å². The third-order valence-corrected chi connectivity index (χ3v) is 7.43. The number of anilines is 1. The fourth-order valence-corrected chi connectivity index (χ4v) is 5.64. The molecule has 1 spiro atoms. The number of imide groups is 1. The zero-order chi connectivity index (χ0) is 24.4. The lowest BCUT2D eigenvalue weighted by molar-refractivity contribution is -0.143. The number of hydrogen-bond acceptors (Lipinski definition) is 6. The zero-order valence-electron chi connectivity index (χ0n) is 19.2. The molecule has 5 rings (SSSR count). The highest BCUT2D eigenvalue weighted by molar-refractivity contribution is 6.15. The molecule has 3 aliphatic heterocycles. The van der Waals surface area contributed by atoms with Gasteiger partial charge in [-0.3, -0.25) is 29.4 Å². The number of likely N-dealkylation sites (tertiary alicyclic amines) is 1. The Morgan fingerprint density at radius 2 is 1.79 bits per heavy atom. The van der Waals surface area contributed by atoms with Gasteiger partial charge in [0.15, 0.2) is 0 Å². The molecule has 2 saturated heterocycles. The molecule has 2 aromatic carbocycles. The summed E-state index contributed by atoms with van der Waals surface area (Å²) >= 11 is 0. The van der Waals surface area contributed by atoms with E-state index in [1.165, 1.54) is 4.90 Å². The van der Waals surface area contributed by atoms with Crippen LogP contribution < -0.4 is 21.1 Å². The smallest absolute Gasteiger partial charge is 0.250 e. The summed E-state index contributed by atoms with van der Waals surface area (Å²) < 4.78 is 5.18. The van der Waals surface area contributed by atoms with Crippen LogP contribution in [0.15, 0.2) is 36.4 Å². The number of nitrogens with two attached hydrogens (primary N) is 1. The van der Waals surface area contributed by atoms with Gasteiger partial charge < -0.3 is 15.8 Å². The molecular weight excluding hydrogens is 436 g/mol. The number of amides is 4. The van der Waals surface area contributed by atoms with Crippen LogP contribution in [0.1, 0.15) is 28.7 Å². The molecule has 0 unspecified atom stereocenters. The summed E-state index contributed by atoms with van der Waals surface area (Å²) in [6.07, 6.45) is -0.161. The van der Waals surface area contributed by atoms with Crippen molar-refractivity contribution in [3.63, 3.8) is 0 Å². The van der Waals surface area contributed by atoms with Crippen molar-refractivity contribution >= 4 is 29.3 Å². The molecule has 4 N–H and O–H groups in total. The Morgan fingerprint density at radius 1 is 1.09 bits per heavy atom. The lowest BCUT2D eigenvalue weighted by Gasteiger charge is -2.29. The van der Waals surface area contributed by atoms with E-state index in [4.69, 9.17) is 10.5 Å². The summed E-state index contributed by atoms with van der Waals surface area (Å²) in [6.45, 7) is 3.90. The van der Waals surface area contributed by atoms with E-state index in [-0.39, 0.29) is 13.0 Å². The van der Waals surface area contributed by atoms with E-state index < -0.39 is 47.0 Å². The third-order valence-electron chi connectivity index (χ3n) is 7.43. The average Bonchev–Trinajstić information content (AvgIpc) is 3.37. The number of ether oxygens (including phenoxy) is 1. The molecule has 0 aliphatic carbocycles. The first-order chi connectivity index (χ1) is 16.2. The molecular formula is C25H26N4O5. The number of nitrogens with zero attached hydrogens (tertiary/aromatic N) is 1. The minimum absolute atomic E-state index is 0.0649. The molecule has 3 aliphatic rings. The van der Waals surface area contributed by atoms with Crippen molar-refractivity contribution in [1.82, 2.24) is 10.2 Å². The van der Waals surface area contributed by atoms with Crippen LogP contribution in [-0.2, 0) is 31.3 Å². The molecule has 176 valence electrons. The molecule has 34 heavy (non-hydrogen) atoms. The Hall–Kier alpha value is -3.72. The molecule has 4 atom stereocenters. The van der Waals surface area contributed by atoms with Crippen LogP contribution in [-0.4, -0.2) is 41.7 Å². The van der Waals surface area contributed by atoms with E-state index in [0.29, 0.717) is 17.0 Å². The maximum Gasteiger partial charge on any atom is 0.250 e. The maximum atomic E-state index is 13.8. The van der Waals surface area contributed by atoms with Gasteiger partial charge in [-0.15, -0.1) is 0 Å². The van der Waals surface area contributed by atoms with E-state index in [2.05, 4.69) is 10.6 Å². The van der Waals surface area contributed by atoms with Gasteiger partial charge in [-0.2, -0.15) is 0 Å². The summed E-state index contributed by atoms with van der Waals surface area (Å²) in [5, 5.41) is 6.14. The normalized spacial score (nSPS) is 27.2. The number of carbonyl (C=O) groups is 4. The molecule has 3 heterocycles. The first kappa shape index (κ1) is 22.1. The van der Waals surface area contributed by atoms with Crippen molar-refractivity contribution < 1.29 is 23.9 Å². The summed E-state index contributed by atoms with van der Waals surface area (Å²) in [5.41, 5.74) is 7.94. The maximum absolute atomic E-state index is 13.8. The lowest BCUT2D eigenvalue weighted by Crippen LogP contribution is -2.53. The SMILES string of the molecule is COc1ccc(CN2C(=O)[C@H]3[C@@H](C2=O)[C@@]2(N[C@@H]3CC(N)=O)C(=O)Nc3c2ccc(C)c3C)cc1. The number of fused-ring (bicyclic) bond motifs is 4. The van der Waals surface area contributed by atoms with Crippen molar-refractivity contribution in [2.45, 2.75) is 38.4 Å². The Morgan fingerprint density at radius 3 is 2.44 bits per heavy atom. The van der Waals surface area contributed by atoms with Crippen LogP contribution in [0.4, 0.5) is 5.69 Å². The number of aryl methyl sites for hydroxylation is 1. The second-order valence-electron chi connectivity index (χ2n) is 9.23. The van der Waals surface area contributed by atoms with Crippen LogP contribution in [0.3, 0.4) is 0 Å². The van der Waals surface area contributed by atoms with Gasteiger partial charge in [-0.25, -0.2) is 0 Å². The van der Waals surface area contributed by atoms with Gasteiger partial charge in [-0.05, 0) is 42.7 Å². The molecule has 0 aromatic heterocycles. The second kappa shape index (κ2) is 7.66. The molecule has 2 aromatic rings. The number of primary amides is 1. The highest BCUT2D eigenvalue weighted by Crippen LogP contribution is 2.54.